The summed E-state index contributed by atoms with van der Waals surface area (Å²) < 4.78 is 7.45. The Morgan fingerprint density at radius 1 is 1.04 bits per heavy atom. The third-order valence-electron chi connectivity index (χ3n) is 5.09. The summed E-state index contributed by atoms with van der Waals surface area (Å²) in [6.07, 6.45) is 1.84. The van der Waals surface area contributed by atoms with Crippen LogP contribution in [0.15, 0.2) is 66.9 Å². The fourth-order valence-electron chi connectivity index (χ4n) is 3.80. The van der Waals surface area contributed by atoms with Crippen molar-refractivity contribution in [1.29, 1.82) is 0 Å². The Morgan fingerprint density at radius 2 is 1.81 bits per heavy atom. The van der Waals surface area contributed by atoms with Gasteiger partial charge >= 0.3 is 0 Å². The van der Waals surface area contributed by atoms with Crippen LogP contribution in [-0.4, -0.2) is 40.9 Å². The van der Waals surface area contributed by atoms with E-state index in [0.29, 0.717) is 5.92 Å². The van der Waals surface area contributed by atoms with Crippen molar-refractivity contribution < 1.29 is 4.74 Å². The zero-order valence-corrected chi connectivity index (χ0v) is 15.0. The van der Waals surface area contributed by atoms with Gasteiger partial charge in [0.25, 0.3) is 0 Å². The summed E-state index contributed by atoms with van der Waals surface area (Å²) in [5.74, 6) is 1.19. The lowest BCUT2D eigenvalue weighted by atomic mass is 9.95. The molecule has 0 amide bonds. The molecule has 5 heteroatoms. The van der Waals surface area contributed by atoms with Crippen LogP contribution in [0.5, 0.6) is 5.75 Å². The number of benzene rings is 2. The number of likely N-dealkylation sites (tertiary alicyclic amines) is 1. The molecule has 1 aromatic heterocycles. The number of ether oxygens (including phenoxy) is 1. The van der Waals surface area contributed by atoms with Crippen LogP contribution >= 0.6 is 0 Å². The second kappa shape index (κ2) is 7.32. The first kappa shape index (κ1) is 16.8. The summed E-state index contributed by atoms with van der Waals surface area (Å²) in [5.41, 5.74) is 9.85. The average molecular weight is 348 g/mol. The maximum atomic E-state index is 6.44. The van der Waals surface area contributed by atoms with E-state index in [1.807, 2.05) is 41.2 Å². The predicted molar refractivity (Wildman–Crippen MR) is 103 cm³/mol. The molecule has 0 saturated carbocycles. The molecule has 0 bridgehead atoms. The Balaban J connectivity index is 1.54. The maximum absolute atomic E-state index is 6.44. The first-order valence-corrected chi connectivity index (χ1v) is 8.95. The molecule has 0 unspecified atom stereocenters. The number of hydrogen-bond donors (Lipinski definition) is 1. The third-order valence-corrected chi connectivity index (χ3v) is 5.09. The molecule has 5 nitrogen and oxygen atoms in total. The molecule has 0 spiro atoms. The van der Waals surface area contributed by atoms with Gasteiger partial charge in [0.15, 0.2) is 0 Å². The largest absolute Gasteiger partial charge is 0.494 e. The molecule has 2 heterocycles. The van der Waals surface area contributed by atoms with E-state index in [4.69, 9.17) is 10.5 Å². The lowest BCUT2D eigenvalue weighted by molar-refractivity contribution is 0.316. The fraction of sp³-hybridized carbons (Fsp3) is 0.286. The van der Waals surface area contributed by atoms with Gasteiger partial charge < -0.3 is 10.5 Å². The van der Waals surface area contributed by atoms with Crippen molar-refractivity contribution in [1.82, 2.24) is 14.7 Å². The smallest absolute Gasteiger partial charge is 0.144 e. The predicted octanol–water partition coefficient (Wildman–Crippen LogP) is 2.81. The minimum Gasteiger partial charge on any atom is -0.494 e. The van der Waals surface area contributed by atoms with E-state index in [2.05, 4.69) is 40.3 Å². The molecule has 2 aromatic carbocycles. The zero-order valence-electron chi connectivity index (χ0n) is 15.0. The van der Waals surface area contributed by atoms with Crippen LogP contribution < -0.4 is 10.5 Å². The Morgan fingerprint density at radius 3 is 2.62 bits per heavy atom. The van der Waals surface area contributed by atoms with E-state index < -0.39 is 0 Å². The zero-order chi connectivity index (χ0) is 17.9. The molecule has 0 radical (unpaired) electrons. The van der Waals surface area contributed by atoms with Gasteiger partial charge in [0.2, 0.25) is 0 Å². The van der Waals surface area contributed by atoms with Gasteiger partial charge in [0, 0.05) is 37.8 Å². The molecule has 1 aliphatic rings. The van der Waals surface area contributed by atoms with Gasteiger partial charge in [0.1, 0.15) is 11.4 Å². The lowest BCUT2D eigenvalue weighted by Gasteiger charge is -2.18. The highest BCUT2D eigenvalue weighted by molar-refractivity contribution is 5.46. The average Bonchev–Trinajstić information content (AvgIpc) is 3.29. The standard InChI is InChI=1S/C21H24N4O/c1-26-21-10-6-5-9-20(21)25-17(11-12-23-25)13-24-14-18(19(22)15-24)16-7-3-2-4-8-16/h2-12,18-19H,13-15,22H2,1H3/t18-,19+/m0/s1. The summed E-state index contributed by atoms with van der Waals surface area (Å²) in [5, 5.41) is 4.51. The van der Waals surface area contributed by atoms with E-state index in [-0.39, 0.29) is 6.04 Å². The molecular formula is C21H24N4O. The first-order valence-electron chi connectivity index (χ1n) is 8.95. The van der Waals surface area contributed by atoms with Crippen molar-refractivity contribution in [3.63, 3.8) is 0 Å². The van der Waals surface area contributed by atoms with Crippen molar-refractivity contribution in [3.05, 3.63) is 78.1 Å². The quantitative estimate of drug-likeness (QED) is 0.770. The summed E-state index contributed by atoms with van der Waals surface area (Å²) in [4.78, 5) is 2.41. The Bertz CT molecular complexity index is 861. The molecule has 3 aromatic rings. The molecule has 4 rings (SSSR count). The summed E-state index contributed by atoms with van der Waals surface area (Å²) in [6, 6.07) is 20.7. The second-order valence-electron chi connectivity index (χ2n) is 6.78. The minimum absolute atomic E-state index is 0.153. The van der Waals surface area contributed by atoms with Gasteiger partial charge in [-0.15, -0.1) is 0 Å². The van der Waals surface area contributed by atoms with Gasteiger partial charge in [-0.2, -0.15) is 5.10 Å². The van der Waals surface area contributed by atoms with Gasteiger partial charge in [-0.25, -0.2) is 4.68 Å². The van der Waals surface area contributed by atoms with Gasteiger partial charge in [0.05, 0.1) is 12.8 Å². The molecule has 0 aliphatic carbocycles. The van der Waals surface area contributed by atoms with Crippen LogP contribution in [0.1, 0.15) is 17.2 Å². The SMILES string of the molecule is COc1ccccc1-n1nccc1CN1C[C@@H](N)[C@H](c2ccccc2)C1. The van der Waals surface area contributed by atoms with E-state index in [1.165, 1.54) is 5.56 Å². The molecule has 26 heavy (non-hydrogen) atoms. The maximum Gasteiger partial charge on any atom is 0.144 e. The van der Waals surface area contributed by atoms with Crippen LogP contribution in [0.2, 0.25) is 0 Å². The molecular weight excluding hydrogens is 324 g/mol. The lowest BCUT2D eigenvalue weighted by Crippen LogP contribution is -2.29. The van der Waals surface area contributed by atoms with Crippen LogP contribution in [0, 0.1) is 0 Å². The second-order valence-corrected chi connectivity index (χ2v) is 6.78. The monoisotopic (exact) mass is 348 g/mol. The van der Waals surface area contributed by atoms with Crippen LogP contribution in [0.4, 0.5) is 0 Å². The van der Waals surface area contributed by atoms with Crippen molar-refractivity contribution in [2.75, 3.05) is 20.2 Å². The highest BCUT2D eigenvalue weighted by atomic mass is 16.5. The highest BCUT2D eigenvalue weighted by Gasteiger charge is 2.31. The number of nitrogens with zero attached hydrogens (tertiary/aromatic N) is 3. The normalized spacial score (nSPS) is 20.4. The number of hydrogen-bond acceptors (Lipinski definition) is 4. The number of nitrogens with two attached hydrogens (primary N) is 1. The Hall–Kier alpha value is -2.63. The van der Waals surface area contributed by atoms with Gasteiger partial charge in [-0.1, -0.05) is 42.5 Å². The van der Waals surface area contributed by atoms with E-state index >= 15 is 0 Å². The molecule has 1 fully saturated rings. The van der Waals surface area contributed by atoms with Crippen LogP contribution in [-0.2, 0) is 6.54 Å². The molecule has 2 N–H and O–H groups in total. The fourth-order valence-corrected chi connectivity index (χ4v) is 3.80. The van der Waals surface area contributed by atoms with E-state index in [0.717, 1.165) is 36.8 Å². The van der Waals surface area contributed by atoms with Crippen LogP contribution in [0.25, 0.3) is 5.69 Å². The summed E-state index contributed by atoms with van der Waals surface area (Å²) in [7, 11) is 1.69. The topological polar surface area (TPSA) is 56.3 Å². The van der Waals surface area contributed by atoms with Crippen molar-refractivity contribution in [2.45, 2.75) is 18.5 Å². The van der Waals surface area contributed by atoms with Gasteiger partial charge in [-0.05, 0) is 23.8 Å². The summed E-state index contributed by atoms with van der Waals surface area (Å²) in [6.45, 7) is 2.66. The first-order chi connectivity index (χ1) is 12.8. The summed E-state index contributed by atoms with van der Waals surface area (Å²) >= 11 is 0. The number of rotatable bonds is 5. The number of para-hydroxylation sites is 2. The van der Waals surface area contributed by atoms with Gasteiger partial charge in [-0.3, -0.25) is 4.90 Å². The highest BCUT2D eigenvalue weighted by Crippen LogP contribution is 2.28. The molecule has 1 aliphatic heterocycles. The van der Waals surface area contributed by atoms with Crippen LogP contribution in [0.3, 0.4) is 0 Å². The Labute approximate surface area is 154 Å². The minimum atomic E-state index is 0.153. The molecule has 134 valence electrons. The number of methoxy groups -OCH3 is 1. The van der Waals surface area contributed by atoms with Crippen molar-refractivity contribution >= 4 is 0 Å². The third kappa shape index (κ3) is 3.23. The Kier molecular flexibility index (Phi) is 4.73. The van der Waals surface area contributed by atoms with Crippen molar-refractivity contribution in [2.24, 2.45) is 5.73 Å². The molecule has 1 saturated heterocycles. The van der Waals surface area contributed by atoms with E-state index in [1.54, 1.807) is 7.11 Å². The van der Waals surface area contributed by atoms with Crippen molar-refractivity contribution in [3.8, 4) is 11.4 Å². The van der Waals surface area contributed by atoms with E-state index in [9.17, 15) is 0 Å². The molecule has 2 atom stereocenters. The number of aromatic nitrogens is 2.